The first-order valence-electron chi connectivity index (χ1n) is 9.17. The van der Waals surface area contributed by atoms with E-state index in [1.54, 1.807) is 22.3 Å². The molecular formula is C23H37Br2Zr. The normalized spacial score (nSPS) is 21.2. The van der Waals surface area contributed by atoms with Crippen LogP contribution in [0.15, 0.2) is 52.7 Å². The predicted molar refractivity (Wildman–Crippen MR) is 125 cm³/mol. The molecule has 147 valence electrons. The second-order valence-corrected chi connectivity index (χ2v) is 14.5. The molecule has 0 aliphatic heterocycles. The van der Waals surface area contributed by atoms with Crippen LogP contribution in [0, 0.1) is 10.8 Å². The molecule has 2 aliphatic rings. The van der Waals surface area contributed by atoms with Gasteiger partial charge in [-0.15, -0.1) is 34.0 Å². The molecule has 0 fully saturated rings. The molecule has 0 aromatic heterocycles. The van der Waals surface area contributed by atoms with E-state index < -0.39 is 21.8 Å². The van der Waals surface area contributed by atoms with E-state index in [0.717, 1.165) is 0 Å². The van der Waals surface area contributed by atoms with E-state index in [-0.39, 0.29) is 44.8 Å². The first kappa shape index (κ1) is 26.5. The van der Waals surface area contributed by atoms with Gasteiger partial charge in [0.2, 0.25) is 0 Å². The Balaban J connectivity index is 0.00000312. The Kier molecular flexibility index (Phi) is 9.10. The van der Waals surface area contributed by atoms with E-state index in [2.05, 4.69) is 81.9 Å². The van der Waals surface area contributed by atoms with Gasteiger partial charge in [0.05, 0.1) is 0 Å². The number of hydrogen-bond acceptors (Lipinski definition) is 0. The fraction of sp³-hybridized carbons (Fsp3) is 0.565. The van der Waals surface area contributed by atoms with E-state index >= 15 is 0 Å². The Hall–Kier alpha value is 0.543. The molecule has 0 saturated carbocycles. The van der Waals surface area contributed by atoms with Gasteiger partial charge in [0, 0.05) is 0 Å². The third kappa shape index (κ3) is 3.84. The zero-order valence-electron chi connectivity index (χ0n) is 18.3. The van der Waals surface area contributed by atoms with Crippen molar-refractivity contribution in [1.29, 1.82) is 0 Å². The van der Waals surface area contributed by atoms with E-state index in [9.17, 15) is 0 Å². The molecule has 0 aromatic rings. The summed E-state index contributed by atoms with van der Waals surface area (Å²) in [4.78, 5) is 0. The van der Waals surface area contributed by atoms with Crippen molar-refractivity contribution >= 4 is 34.0 Å². The molecule has 2 rings (SSSR count). The zero-order valence-corrected chi connectivity index (χ0v) is 24.2. The number of allylic oxidation sites excluding steroid dienone is 9. The predicted octanol–water partition coefficient (Wildman–Crippen LogP) is 8.67. The van der Waals surface area contributed by atoms with Crippen LogP contribution in [-0.2, 0) is 21.8 Å². The van der Waals surface area contributed by atoms with Gasteiger partial charge in [-0.1, -0.05) is 0 Å². The summed E-state index contributed by atoms with van der Waals surface area (Å²) in [6, 6.07) is 0. The van der Waals surface area contributed by atoms with Gasteiger partial charge in [0.15, 0.2) is 0 Å². The molecule has 0 N–H and O–H groups in total. The fourth-order valence-corrected chi connectivity index (χ4v) is 15.0. The molecule has 0 amide bonds. The van der Waals surface area contributed by atoms with Crippen LogP contribution in [-0.4, -0.2) is 0 Å². The van der Waals surface area contributed by atoms with Crippen molar-refractivity contribution in [3.05, 3.63) is 52.7 Å². The summed E-state index contributed by atoms with van der Waals surface area (Å²) in [5.41, 5.74) is 9.85. The molecule has 3 heteroatoms. The van der Waals surface area contributed by atoms with Crippen LogP contribution in [0.3, 0.4) is 0 Å². The van der Waals surface area contributed by atoms with E-state index in [4.69, 9.17) is 0 Å². The fourth-order valence-electron chi connectivity index (χ4n) is 4.87. The van der Waals surface area contributed by atoms with Crippen LogP contribution in [0.1, 0.15) is 69.2 Å². The van der Waals surface area contributed by atoms with Gasteiger partial charge in [-0.25, -0.2) is 0 Å². The molecule has 0 aromatic carbocycles. The molecular weight excluding hydrogens is 527 g/mol. The topological polar surface area (TPSA) is 0 Å². The summed E-state index contributed by atoms with van der Waals surface area (Å²) in [5.74, 6) is 0. The minimum atomic E-state index is -2.03. The summed E-state index contributed by atoms with van der Waals surface area (Å²) < 4.78 is 4.84. The Bertz CT molecular complexity index is 669. The van der Waals surface area contributed by atoms with Gasteiger partial charge in [0.25, 0.3) is 0 Å². The molecule has 2 aliphatic carbocycles. The quantitative estimate of drug-likeness (QED) is 0.300. The zero-order chi connectivity index (χ0) is 18.6. The third-order valence-corrected chi connectivity index (χ3v) is 16.7. The summed E-state index contributed by atoms with van der Waals surface area (Å²) in [6.07, 6.45) is 2.20. The summed E-state index contributed by atoms with van der Waals surface area (Å²) in [5, 5.41) is 0. The van der Waals surface area contributed by atoms with Gasteiger partial charge in [-0.3, -0.25) is 0 Å². The summed E-state index contributed by atoms with van der Waals surface area (Å²) >= 11 is -2.03. The first-order chi connectivity index (χ1) is 10.9. The second kappa shape index (κ2) is 8.92. The van der Waals surface area contributed by atoms with Crippen molar-refractivity contribution in [2.45, 2.75) is 73.4 Å². The van der Waals surface area contributed by atoms with Crippen molar-refractivity contribution in [2.24, 2.45) is 10.8 Å². The van der Waals surface area contributed by atoms with E-state index in [1.807, 2.05) is 6.56 Å². The summed E-state index contributed by atoms with van der Waals surface area (Å²) in [7, 11) is 0. The SMILES string of the molecule is Br.Br.C=C[CH2][Zr]([C]1=C(C)C(C)=C(C)C1(C)C)[C]1=C(C)C(C)=C(C)C1(C)C. The van der Waals surface area contributed by atoms with Crippen LogP contribution in [0.4, 0.5) is 0 Å². The van der Waals surface area contributed by atoms with Gasteiger partial charge in [0.1, 0.15) is 0 Å². The van der Waals surface area contributed by atoms with Crippen molar-refractivity contribution < 1.29 is 21.8 Å². The van der Waals surface area contributed by atoms with E-state index in [0.29, 0.717) is 0 Å². The van der Waals surface area contributed by atoms with Gasteiger partial charge in [-0.2, -0.15) is 0 Å². The molecule has 0 heterocycles. The monoisotopic (exact) mass is 561 g/mol. The molecule has 0 nitrogen and oxygen atoms in total. The Morgan fingerprint density at radius 1 is 0.692 bits per heavy atom. The molecule has 0 spiro atoms. The van der Waals surface area contributed by atoms with Crippen molar-refractivity contribution in [2.75, 3.05) is 0 Å². The molecule has 0 radical (unpaired) electrons. The molecule has 0 bridgehead atoms. The Morgan fingerprint density at radius 2 is 1.00 bits per heavy atom. The van der Waals surface area contributed by atoms with Crippen LogP contribution in [0.25, 0.3) is 0 Å². The van der Waals surface area contributed by atoms with Crippen LogP contribution in [0.2, 0.25) is 4.13 Å². The number of rotatable bonds is 4. The van der Waals surface area contributed by atoms with Crippen LogP contribution >= 0.6 is 34.0 Å². The average molecular weight is 565 g/mol. The second-order valence-electron chi connectivity index (χ2n) is 8.72. The average Bonchev–Trinajstić information content (AvgIpc) is 2.74. The van der Waals surface area contributed by atoms with Crippen molar-refractivity contribution in [3.8, 4) is 0 Å². The molecule has 0 saturated heterocycles. The van der Waals surface area contributed by atoms with Crippen LogP contribution in [0.5, 0.6) is 0 Å². The molecule has 0 unspecified atom stereocenters. The van der Waals surface area contributed by atoms with Crippen LogP contribution < -0.4 is 0 Å². The molecule has 26 heavy (non-hydrogen) atoms. The maximum absolute atomic E-state index is 4.14. The number of halogens is 2. The van der Waals surface area contributed by atoms with Crippen molar-refractivity contribution in [3.63, 3.8) is 0 Å². The standard InChI is InChI=1S/2C10H15.C3H5.2BrH.Zr/c2*1-7-6-10(4,5)9(3)8(7)2;1-3-2;;;/h2*1-5H3;3H,1-2H2;2*1H;. The first-order valence-corrected chi connectivity index (χ1v) is 13.4. The third-order valence-electron chi connectivity index (χ3n) is 7.08. The minimum absolute atomic E-state index is 0. The van der Waals surface area contributed by atoms with E-state index in [1.165, 1.54) is 15.3 Å². The van der Waals surface area contributed by atoms with Gasteiger partial charge >= 0.3 is 159 Å². The number of hydrogen-bond donors (Lipinski definition) is 0. The van der Waals surface area contributed by atoms with Gasteiger partial charge in [-0.05, 0) is 0 Å². The summed E-state index contributed by atoms with van der Waals surface area (Å²) in [6.45, 7) is 28.0. The Morgan fingerprint density at radius 3 is 1.19 bits per heavy atom. The van der Waals surface area contributed by atoms with Crippen molar-refractivity contribution in [1.82, 2.24) is 0 Å². The molecule has 0 atom stereocenters. The van der Waals surface area contributed by atoms with Gasteiger partial charge < -0.3 is 0 Å². The maximum atomic E-state index is 4.14. The Labute approximate surface area is 191 Å².